The first-order valence-corrected chi connectivity index (χ1v) is 14.0. The molecular weight excluding hydrogens is 420 g/mol. The van der Waals surface area contributed by atoms with Crippen LogP contribution in [0.5, 0.6) is 0 Å². The number of quaternary nitrogens is 1. The molecule has 0 amide bonds. The van der Waals surface area contributed by atoms with Crippen LogP contribution >= 0.6 is 11.8 Å². The average Bonchev–Trinajstić information content (AvgIpc) is 3.12. The number of rotatable bonds is 2. The third-order valence-corrected chi connectivity index (χ3v) is 10.9. The molecule has 3 aliphatic carbocycles. The van der Waals surface area contributed by atoms with Gasteiger partial charge in [-0.15, -0.1) is 0 Å². The number of nitrogens with zero attached hydrogens (tertiary/aromatic N) is 2. The maximum absolute atomic E-state index is 2.94. The molecule has 0 aromatic heterocycles. The van der Waals surface area contributed by atoms with Gasteiger partial charge in [-0.2, -0.15) is 0 Å². The Labute approximate surface area is 203 Å². The van der Waals surface area contributed by atoms with Gasteiger partial charge in [0.25, 0.3) is 0 Å². The molecule has 1 saturated carbocycles. The molecule has 0 spiro atoms. The first kappa shape index (κ1) is 20.6. The highest BCUT2D eigenvalue weighted by molar-refractivity contribution is 8.03. The van der Waals surface area contributed by atoms with Gasteiger partial charge < -0.3 is 4.90 Å². The molecule has 0 radical (unpaired) electrons. The molecule has 3 aliphatic heterocycles. The molecule has 7 rings (SSSR count). The van der Waals surface area contributed by atoms with Crippen LogP contribution in [0.3, 0.4) is 0 Å². The van der Waals surface area contributed by atoms with Gasteiger partial charge in [-0.25, -0.2) is 0 Å². The number of hydrogen-bond donors (Lipinski definition) is 0. The summed E-state index contributed by atoms with van der Waals surface area (Å²) in [5, 5.41) is 0. The zero-order valence-corrected chi connectivity index (χ0v) is 21.5. The van der Waals surface area contributed by atoms with E-state index in [0.29, 0.717) is 24.0 Å². The van der Waals surface area contributed by atoms with Crippen LogP contribution in [0.15, 0.2) is 74.8 Å². The predicted molar refractivity (Wildman–Crippen MR) is 137 cm³/mol. The smallest absolute Gasteiger partial charge is 0.193 e. The summed E-state index contributed by atoms with van der Waals surface area (Å²) < 4.78 is 1.12. The standard InChI is InChI=1S/C30H37N2S/c1-17(2)27-19(4)29(27)31-23-11-7-8-12-24(23)32(5)16-20-15-26-28(18(3)14-22(20)30(31)32)21-10-6-9-13-25(21)33-26/h6-7,9-11,13,15,17-19,27-30H,8,12,14,16H2,1-5H3/q+1/t18?,19?,27-,28?,29?,30?,32?/m0/s1. The number of hydrogen-bond acceptors (Lipinski definition) is 2. The summed E-state index contributed by atoms with van der Waals surface area (Å²) in [5.74, 6) is 3.62. The van der Waals surface area contributed by atoms with Crippen molar-refractivity contribution in [3.8, 4) is 0 Å². The second-order valence-corrected chi connectivity index (χ2v) is 13.2. The normalized spacial score (nSPS) is 40.4. The molecule has 6 unspecified atom stereocenters. The Morgan fingerprint density at radius 3 is 2.76 bits per heavy atom. The van der Waals surface area contributed by atoms with E-state index in [4.69, 9.17) is 0 Å². The van der Waals surface area contributed by atoms with Crippen LogP contribution in [-0.4, -0.2) is 35.2 Å². The quantitative estimate of drug-likeness (QED) is 0.438. The number of benzene rings is 1. The Kier molecular flexibility index (Phi) is 4.33. The van der Waals surface area contributed by atoms with Crippen LogP contribution in [0.2, 0.25) is 0 Å². The highest BCUT2D eigenvalue weighted by Crippen LogP contribution is 2.61. The van der Waals surface area contributed by atoms with E-state index in [1.807, 2.05) is 11.8 Å². The van der Waals surface area contributed by atoms with E-state index in [1.54, 1.807) is 33.0 Å². The van der Waals surface area contributed by atoms with Crippen molar-refractivity contribution in [2.75, 3.05) is 13.6 Å². The number of likely N-dealkylation sites (N-methyl/N-ethyl adjacent to an activating group) is 1. The molecule has 3 heterocycles. The molecule has 33 heavy (non-hydrogen) atoms. The number of allylic oxidation sites excluding steroid dienone is 4. The highest BCUT2D eigenvalue weighted by atomic mass is 32.2. The first-order valence-electron chi connectivity index (χ1n) is 13.1. The summed E-state index contributed by atoms with van der Waals surface area (Å²) in [5.41, 5.74) is 8.29. The van der Waals surface area contributed by atoms with Crippen LogP contribution in [0, 0.1) is 23.7 Å². The lowest BCUT2D eigenvalue weighted by atomic mass is 9.84. The van der Waals surface area contributed by atoms with Gasteiger partial charge in [0, 0.05) is 34.4 Å². The fraction of sp³-hybridized carbons (Fsp3) is 0.533. The Bertz CT molecular complexity index is 1170. The van der Waals surface area contributed by atoms with Crippen LogP contribution in [0.1, 0.15) is 58.4 Å². The monoisotopic (exact) mass is 457 g/mol. The van der Waals surface area contributed by atoms with E-state index >= 15 is 0 Å². The SMILES string of the molecule is CC1CC2=C(C=C3Sc4ccccc4C31)C[N+]1(C)C3=C(C=CCC3)N(C3C(C)[C@@H]3C(C)C)C21. The largest absolute Gasteiger partial charge is 0.310 e. The molecule has 172 valence electrons. The van der Waals surface area contributed by atoms with Gasteiger partial charge >= 0.3 is 0 Å². The summed E-state index contributed by atoms with van der Waals surface area (Å²) in [7, 11) is 2.56. The zero-order chi connectivity index (χ0) is 22.6. The van der Waals surface area contributed by atoms with Gasteiger partial charge in [-0.05, 0) is 65.2 Å². The van der Waals surface area contributed by atoms with Gasteiger partial charge in [0.2, 0.25) is 0 Å². The van der Waals surface area contributed by atoms with Crippen molar-refractivity contribution in [3.63, 3.8) is 0 Å². The third kappa shape index (κ3) is 2.67. The molecular formula is C30H37N2S+. The molecule has 0 bridgehead atoms. The van der Waals surface area contributed by atoms with E-state index < -0.39 is 0 Å². The first-order chi connectivity index (χ1) is 15.9. The molecule has 3 heteroatoms. The Hall–Kier alpha value is -1.71. The molecule has 2 nitrogen and oxygen atoms in total. The van der Waals surface area contributed by atoms with E-state index in [9.17, 15) is 0 Å². The van der Waals surface area contributed by atoms with E-state index in [2.05, 4.69) is 82.1 Å². The fourth-order valence-corrected chi connectivity index (χ4v) is 9.79. The van der Waals surface area contributed by atoms with Crippen LogP contribution in [0.25, 0.3) is 0 Å². The summed E-state index contributed by atoms with van der Waals surface area (Å²) in [6.07, 6.45) is 11.8. The van der Waals surface area contributed by atoms with Crippen molar-refractivity contribution in [1.82, 2.24) is 4.90 Å². The molecule has 0 saturated heterocycles. The maximum atomic E-state index is 2.94. The second-order valence-electron chi connectivity index (χ2n) is 12.0. The maximum Gasteiger partial charge on any atom is 0.193 e. The Balaban J connectivity index is 1.33. The summed E-state index contributed by atoms with van der Waals surface area (Å²) >= 11 is 2.04. The molecule has 1 aromatic rings. The lowest BCUT2D eigenvalue weighted by molar-refractivity contribution is -0.885. The van der Waals surface area contributed by atoms with Crippen molar-refractivity contribution in [3.05, 3.63) is 75.5 Å². The van der Waals surface area contributed by atoms with Crippen molar-refractivity contribution >= 4 is 11.8 Å². The fourth-order valence-electron chi connectivity index (χ4n) is 8.39. The van der Waals surface area contributed by atoms with E-state index in [1.165, 1.54) is 30.7 Å². The Morgan fingerprint density at radius 2 is 1.97 bits per heavy atom. The van der Waals surface area contributed by atoms with Gasteiger partial charge in [-0.3, -0.25) is 4.48 Å². The van der Waals surface area contributed by atoms with Crippen LogP contribution in [0.4, 0.5) is 0 Å². The minimum atomic E-state index is 0.516. The molecule has 0 N–H and O–H groups in total. The number of thioether (sulfide) groups is 1. The minimum absolute atomic E-state index is 0.516. The predicted octanol–water partition coefficient (Wildman–Crippen LogP) is 7.05. The van der Waals surface area contributed by atoms with Crippen molar-refractivity contribution < 1.29 is 4.48 Å². The zero-order valence-electron chi connectivity index (χ0n) is 20.7. The topological polar surface area (TPSA) is 3.24 Å². The van der Waals surface area contributed by atoms with Crippen molar-refractivity contribution in [1.29, 1.82) is 0 Å². The second kappa shape index (κ2) is 6.92. The summed E-state index contributed by atoms with van der Waals surface area (Å²) in [6, 6.07) is 9.85. The van der Waals surface area contributed by atoms with E-state index in [0.717, 1.165) is 22.2 Å². The lowest BCUT2D eigenvalue weighted by Crippen LogP contribution is -2.52. The molecule has 1 aromatic carbocycles. The van der Waals surface area contributed by atoms with E-state index in [-0.39, 0.29) is 0 Å². The molecule has 7 atom stereocenters. The van der Waals surface area contributed by atoms with Gasteiger partial charge in [0.05, 0.1) is 12.7 Å². The summed E-state index contributed by atoms with van der Waals surface area (Å²) in [6.45, 7) is 11.1. The van der Waals surface area contributed by atoms with Gasteiger partial charge in [-0.1, -0.05) is 63.7 Å². The lowest BCUT2D eigenvalue weighted by Gasteiger charge is -2.38. The van der Waals surface area contributed by atoms with Crippen molar-refractivity contribution in [2.24, 2.45) is 23.7 Å². The number of fused-ring (bicyclic) bond motifs is 6. The third-order valence-electron chi connectivity index (χ3n) is 9.75. The highest BCUT2D eigenvalue weighted by Gasteiger charge is 2.64. The van der Waals surface area contributed by atoms with Gasteiger partial charge in [0.15, 0.2) is 6.17 Å². The average molecular weight is 458 g/mol. The van der Waals surface area contributed by atoms with Crippen molar-refractivity contribution in [2.45, 2.75) is 70.0 Å². The molecule has 6 aliphatic rings. The van der Waals surface area contributed by atoms with Gasteiger partial charge in [0.1, 0.15) is 12.2 Å². The molecule has 1 fully saturated rings. The minimum Gasteiger partial charge on any atom is -0.310 e. The summed E-state index contributed by atoms with van der Waals surface area (Å²) in [4.78, 5) is 6.03. The van der Waals surface area contributed by atoms with Crippen LogP contribution in [-0.2, 0) is 0 Å². The Morgan fingerprint density at radius 1 is 1.15 bits per heavy atom. The van der Waals surface area contributed by atoms with Crippen LogP contribution < -0.4 is 0 Å².